The molecule has 7 heteroatoms. The highest BCUT2D eigenvalue weighted by Gasteiger charge is 2.30. The summed E-state index contributed by atoms with van der Waals surface area (Å²) in [5, 5.41) is 3.81. The molecule has 3 aromatic rings. The lowest BCUT2D eigenvalue weighted by Gasteiger charge is -2.31. The van der Waals surface area contributed by atoms with Crippen molar-refractivity contribution in [1.82, 2.24) is 14.9 Å². The predicted octanol–water partition coefficient (Wildman–Crippen LogP) is 5.13. The zero-order valence-electron chi connectivity index (χ0n) is 18.7. The normalized spacial score (nSPS) is 16.2. The van der Waals surface area contributed by atoms with E-state index < -0.39 is 0 Å². The molecule has 2 aromatic heterocycles. The topological polar surface area (TPSA) is 75.2 Å². The largest absolute Gasteiger partial charge is 0.337 e. The van der Waals surface area contributed by atoms with E-state index >= 15 is 0 Å². The van der Waals surface area contributed by atoms with Crippen LogP contribution in [0, 0.1) is 12.8 Å². The third-order valence-corrected chi connectivity index (χ3v) is 7.02. The van der Waals surface area contributed by atoms with Crippen LogP contribution in [0.3, 0.4) is 0 Å². The van der Waals surface area contributed by atoms with Crippen LogP contribution < -0.4 is 5.32 Å². The zero-order valence-corrected chi connectivity index (χ0v) is 19.5. The van der Waals surface area contributed by atoms with Crippen LogP contribution in [-0.4, -0.2) is 39.8 Å². The minimum atomic E-state index is -0.219. The van der Waals surface area contributed by atoms with Gasteiger partial charge in [-0.1, -0.05) is 26.0 Å². The number of nitrogens with zero attached hydrogens (tertiary/aromatic N) is 3. The first kappa shape index (κ1) is 22.1. The van der Waals surface area contributed by atoms with Crippen molar-refractivity contribution in [3.8, 4) is 10.6 Å². The van der Waals surface area contributed by atoms with E-state index in [2.05, 4.69) is 29.1 Å². The summed E-state index contributed by atoms with van der Waals surface area (Å²) in [4.78, 5) is 37.3. The second kappa shape index (κ2) is 9.61. The Hall–Kier alpha value is -3.06. The molecule has 6 nitrogen and oxygen atoms in total. The van der Waals surface area contributed by atoms with Crippen molar-refractivity contribution in [3.63, 3.8) is 0 Å². The van der Waals surface area contributed by atoms with E-state index in [4.69, 9.17) is 0 Å². The number of rotatable bonds is 5. The van der Waals surface area contributed by atoms with Crippen molar-refractivity contribution in [2.45, 2.75) is 39.5 Å². The van der Waals surface area contributed by atoms with E-state index in [1.54, 1.807) is 17.3 Å². The number of thiazole rings is 1. The number of pyridine rings is 1. The van der Waals surface area contributed by atoms with Crippen LogP contribution >= 0.6 is 11.3 Å². The fraction of sp³-hybridized carbons (Fsp3) is 0.360. The smallest absolute Gasteiger partial charge is 0.265 e. The van der Waals surface area contributed by atoms with Crippen LogP contribution in [0.5, 0.6) is 0 Å². The third kappa shape index (κ3) is 4.88. The van der Waals surface area contributed by atoms with E-state index in [0.717, 1.165) is 34.8 Å². The number of carbonyl (C=O) groups is 2. The summed E-state index contributed by atoms with van der Waals surface area (Å²) in [6, 6.07) is 11.8. The summed E-state index contributed by atoms with van der Waals surface area (Å²) in [7, 11) is 0. The van der Waals surface area contributed by atoms with Gasteiger partial charge in [0.05, 0.1) is 11.6 Å². The molecule has 1 N–H and O–H groups in total. The molecule has 1 fully saturated rings. The molecule has 32 heavy (non-hydrogen) atoms. The van der Waals surface area contributed by atoms with Gasteiger partial charge in [-0.2, -0.15) is 0 Å². The molecule has 1 unspecified atom stereocenters. The van der Waals surface area contributed by atoms with Gasteiger partial charge in [0.2, 0.25) is 5.91 Å². The number of carbonyl (C=O) groups excluding carboxylic acids is 2. The van der Waals surface area contributed by atoms with Gasteiger partial charge in [-0.05, 0) is 55.5 Å². The van der Waals surface area contributed by atoms with E-state index in [-0.39, 0.29) is 17.7 Å². The molecular weight excluding hydrogens is 420 g/mol. The van der Waals surface area contributed by atoms with Crippen molar-refractivity contribution in [2.24, 2.45) is 5.92 Å². The first-order valence-corrected chi connectivity index (χ1v) is 11.8. The molecule has 1 saturated heterocycles. The Morgan fingerprint density at radius 3 is 2.66 bits per heavy atom. The number of hydrogen-bond acceptors (Lipinski definition) is 5. The lowest BCUT2D eigenvalue weighted by atomic mass is 9.96. The molecule has 166 valence electrons. The van der Waals surface area contributed by atoms with E-state index in [0.29, 0.717) is 23.9 Å². The maximum Gasteiger partial charge on any atom is 0.265 e. The maximum absolute atomic E-state index is 13.2. The molecule has 1 atom stereocenters. The van der Waals surface area contributed by atoms with Crippen LogP contribution in [0.15, 0.2) is 48.8 Å². The highest BCUT2D eigenvalue weighted by molar-refractivity contribution is 7.17. The number of likely N-dealkylation sites (tertiary alicyclic amines) is 1. The number of piperidine rings is 1. The Bertz CT molecular complexity index is 1090. The maximum atomic E-state index is 13.2. The molecule has 1 aliphatic rings. The third-order valence-electron chi connectivity index (χ3n) is 5.82. The molecule has 0 radical (unpaired) electrons. The average molecular weight is 449 g/mol. The van der Waals surface area contributed by atoms with Gasteiger partial charge in [0.15, 0.2) is 0 Å². The highest BCUT2D eigenvalue weighted by Crippen LogP contribution is 2.30. The summed E-state index contributed by atoms with van der Waals surface area (Å²) >= 11 is 1.39. The lowest BCUT2D eigenvalue weighted by Crippen LogP contribution is -2.43. The van der Waals surface area contributed by atoms with Crippen molar-refractivity contribution in [1.29, 1.82) is 0 Å². The number of amides is 2. The number of hydrogen-bond donors (Lipinski definition) is 1. The van der Waals surface area contributed by atoms with Gasteiger partial charge in [0.1, 0.15) is 9.88 Å². The Morgan fingerprint density at radius 2 is 1.97 bits per heavy atom. The standard InChI is InChI=1S/C25H28N4O2S/c1-16(2)18-8-10-21(11-9-18)28-23(30)20-7-5-13-29(15-20)25(31)22-17(3)27-24(32-22)19-6-4-12-26-14-19/h4,6,8-12,14,16,20H,5,7,13,15H2,1-3H3,(H,28,30). The number of aryl methyl sites for hydroxylation is 1. The average Bonchev–Trinajstić information content (AvgIpc) is 3.21. The molecule has 0 spiro atoms. The fourth-order valence-electron chi connectivity index (χ4n) is 3.92. The minimum Gasteiger partial charge on any atom is -0.337 e. The van der Waals surface area contributed by atoms with Crippen LogP contribution in [0.2, 0.25) is 0 Å². The first-order chi connectivity index (χ1) is 15.4. The number of anilines is 1. The number of benzene rings is 1. The van der Waals surface area contributed by atoms with Crippen molar-refractivity contribution in [2.75, 3.05) is 18.4 Å². The van der Waals surface area contributed by atoms with Crippen molar-refractivity contribution < 1.29 is 9.59 Å². The SMILES string of the molecule is Cc1nc(-c2cccnc2)sc1C(=O)N1CCCC(C(=O)Nc2ccc(C(C)C)cc2)C1. The second-order valence-corrected chi connectivity index (χ2v) is 9.53. The zero-order chi connectivity index (χ0) is 22.7. The molecule has 1 aliphatic heterocycles. The summed E-state index contributed by atoms with van der Waals surface area (Å²) in [5.41, 5.74) is 3.65. The van der Waals surface area contributed by atoms with Gasteiger partial charge in [0.25, 0.3) is 5.91 Å². The van der Waals surface area contributed by atoms with Gasteiger partial charge >= 0.3 is 0 Å². The molecule has 4 rings (SSSR count). The van der Waals surface area contributed by atoms with Crippen LogP contribution in [0.1, 0.15) is 53.5 Å². The summed E-state index contributed by atoms with van der Waals surface area (Å²) in [6.07, 6.45) is 5.06. The summed E-state index contributed by atoms with van der Waals surface area (Å²) in [5.74, 6) is 0.154. The number of aromatic nitrogens is 2. The Morgan fingerprint density at radius 1 is 1.19 bits per heavy atom. The molecule has 0 aliphatic carbocycles. The van der Waals surface area contributed by atoms with E-state index in [9.17, 15) is 9.59 Å². The monoisotopic (exact) mass is 448 g/mol. The molecule has 0 bridgehead atoms. The fourth-order valence-corrected chi connectivity index (χ4v) is 4.95. The van der Waals surface area contributed by atoms with Crippen LogP contribution in [-0.2, 0) is 4.79 Å². The lowest BCUT2D eigenvalue weighted by molar-refractivity contribution is -0.121. The summed E-state index contributed by atoms with van der Waals surface area (Å²) < 4.78 is 0. The summed E-state index contributed by atoms with van der Waals surface area (Å²) in [6.45, 7) is 7.23. The van der Waals surface area contributed by atoms with Gasteiger partial charge < -0.3 is 10.2 Å². The molecule has 0 saturated carbocycles. The second-order valence-electron chi connectivity index (χ2n) is 8.53. The van der Waals surface area contributed by atoms with E-state index in [1.807, 2.05) is 43.3 Å². The first-order valence-electron chi connectivity index (χ1n) is 11.0. The van der Waals surface area contributed by atoms with Crippen molar-refractivity contribution >= 4 is 28.8 Å². The van der Waals surface area contributed by atoms with Gasteiger partial charge in [0, 0.05) is 36.7 Å². The van der Waals surface area contributed by atoms with Gasteiger partial charge in [-0.3, -0.25) is 14.6 Å². The van der Waals surface area contributed by atoms with Crippen LogP contribution in [0.25, 0.3) is 10.6 Å². The van der Waals surface area contributed by atoms with Gasteiger partial charge in [-0.25, -0.2) is 4.98 Å². The van der Waals surface area contributed by atoms with Crippen molar-refractivity contribution in [3.05, 3.63) is 64.9 Å². The highest BCUT2D eigenvalue weighted by atomic mass is 32.1. The Labute approximate surface area is 192 Å². The Balaban J connectivity index is 1.43. The molecule has 1 aromatic carbocycles. The van der Waals surface area contributed by atoms with E-state index in [1.165, 1.54) is 16.9 Å². The molecule has 3 heterocycles. The quantitative estimate of drug-likeness (QED) is 0.587. The van der Waals surface area contributed by atoms with Crippen LogP contribution in [0.4, 0.5) is 5.69 Å². The molecular formula is C25H28N4O2S. The van der Waals surface area contributed by atoms with Gasteiger partial charge in [-0.15, -0.1) is 11.3 Å². The molecule has 2 amide bonds. The minimum absolute atomic E-state index is 0.0307. The number of nitrogens with one attached hydrogen (secondary N) is 1. The predicted molar refractivity (Wildman–Crippen MR) is 128 cm³/mol. The Kier molecular flexibility index (Phi) is 6.65.